The first-order chi connectivity index (χ1) is 7.67. The molecule has 0 aliphatic carbocycles. The molecule has 0 amide bonds. The Bertz CT molecular complexity index is 393. The fourth-order valence-electron chi connectivity index (χ4n) is 1.21. The number of nitrogens with zero attached hydrogens (tertiary/aromatic N) is 1. The molecular weight excluding hydrogens is 202 g/mol. The fraction of sp³-hybridized carbons (Fsp3) is 0.250. The number of allylic oxidation sites excluding steroid dienone is 1. The summed E-state index contributed by atoms with van der Waals surface area (Å²) in [5, 5.41) is 0. The van der Waals surface area contributed by atoms with Crippen LogP contribution in [0.4, 0.5) is 5.69 Å². The van der Waals surface area contributed by atoms with Gasteiger partial charge in [-0.3, -0.25) is 0 Å². The van der Waals surface area contributed by atoms with E-state index in [4.69, 9.17) is 16.2 Å². The molecule has 0 unspecified atom stereocenters. The van der Waals surface area contributed by atoms with Crippen LogP contribution in [0, 0.1) is 0 Å². The van der Waals surface area contributed by atoms with Crippen molar-refractivity contribution in [2.24, 2.45) is 10.7 Å². The van der Waals surface area contributed by atoms with Gasteiger partial charge in [-0.05, 0) is 36.8 Å². The summed E-state index contributed by atoms with van der Waals surface area (Å²) in [7, 11) is 1.59. The van der Waals surface area contributed by atoms with Crippen molar-refractivity contribution in [2.45, 2.75) is 13.3 Å². The molecule has 0 saturated heterocycles. The molecule has 0 saturated carbocycles. The molecule has 4 nitrogen and oxygen atoms in total. The Labute approximate surface area is 95.6 Å². The van der Waals surface area contributed by atoms with Crippen LogP contribution in [0.5, 0.6) is 0 Å². The van der Waals surface area contributed by atoms with Crippen LogP contribution in [0.15, 0.2) is 35.3 Å². The minimum Gasteiger partial charge on any atom is -0.426 e. The summed E-state index contributed by atoms with van der Waals surface area (Å²) in [5.74, 6) is 0.700. The second kappa shape index (κ2) is 5.80. The number of nitrogens with two attached hydrogens (primary N) is 2. The van der Waals surface area contributed by atoms with Gasteiger partial charge in [-0.1, -0.05) is 6.92 Å². The Morgan fingerprint density at radius 3 is 2.50 bits per heavy atom. The number of amidine groups is 1. The maximum Gasteiger partial charge on any atom is 0.287 e. The minimum atomic E-state index is 0.150. The second-order valence-electron chi connectivity index (χ2n) is 3.26. The Hall–Kier alpha value is -1.97. The van der Waals surface area contributed by atoms with E-state index in [0.29, 0.717) is 5.76 Å². The number of nitrogen functional groups attached to an aromatic ring is 1. The van der Waals surface area contributed by atoms with Gasteiger partial charge in [0.2, 0.25) is 0 Å². The van der Waals surface area contributed by atoms with Crippen molar-refractivity contribution < 1.29 is 4.74 Å². The zero-order chi connectivity index (χ0) is 12.0. The molecule has 1 aromatic carbocycles. The monoisotopic (exact) mass is 219 g/mol. The lowest BCUT2D eigenvalue weighted by Crippen LogP contribution is -2.15. The molecule has 0 bridgehead atoms. The zero-order valence-corrected chi connectivity index (χ0v) is 9.60. The van der Waals surface area contributed by atoms with Crippen LogP contribution < -0.4 is 11.5 Å². The third-order valence-electron chi connectivity index (χ3n) is 2.02. The van der Waals surface area contributed by atoms with E-state index in [1.165, 1.54) is 0 Å². The third kappa shape index (κ3) is 3.31. The summed E-state index contributed by atoms with van der Waals surface area (Å²) < 4.78 is 5.41. The van der Waals surface area contributed by atoms with Gasteiger partial charge in [0.25, 0.3) is 6.02 Å². The summed E-state index contributed by atoms with van der Waals surface area (Å²) in [6.45, 7) is 2.03. The van der Waals surface area contributed by atoms with E-state index in [1.807, 2.05) is 37.3 Å². The Kier molecular flexibility index (Phi) is 4.39. The van der Waals surface area contributed by atoms with Crippen molar-refractivity contribution in [3.63, 3.8) is 0 Å². The molecule has 0 atom stereocenters. The van der Waals surface area contributed by atoms with Crippen molar-refractivity contribution in [3.8, 4) is 0 Å². The summed E-state index contributed by atoms with van der Waals surface area (Å²) in [5.41, 5.74) is 12.8. The van der Waals surface area contributed by atoms with Crippen LogP contribution in [0.25, 0.3) is 5.76 Å². The van der Waals surface area contributed by atoms with Gasteiger partial charge < -0.3 is 16.2 Å². The van der Waals surface area contributed by atoms with Crippen LogP contribution in [0.1, 0.15) is 18.9 Å². The molecule has 0 radical (unpaired) electrons. The molecule has 0 heterocycles. The number of rotatable bonds is 3. The molecule has 0 aromatic heterocycles. The van der Waals surface area contributed by atoms with Gasteiger partial charge in [0, 0.05) is 18.3 Å². The maximum absolute atomic E-state index is 5.62. The van der Waals surface area contributed by atoms with Crippen molar-refractivity contribution in [2.75, 3.05) is 12.8 Å². The first kappa shape index (κ1) is 12.1. The quantitative estimate of drug-likeness (QED) is 0.353. The van der Waals surface area contributed by atoms with E-state index in [9.17, 15) is 0 Å². The lowest BCUT2D eigenvalue weighted by atomic mass is 10.1. The molecule has 0 aliphatic rings. The lowest BCUT2D eigenvalue weighted by Gasteiger charge is -2.09. The highest BCUT2D eigenvalue weighted by Crippen LogP contribution is 2.18. The smallest absolute Gasteiger partial charge is 0.287 e. The molecule has 1 rings (SSSR count). The van der Waals surface area contributed by atoms with E-state index in [2.05, 4.69) is 4.99 Å². The minimum absolute atomic E-state index is 0.150. The zero-order valence-electron chi connectivity index (χ0n) is 9.60. The van der Waals surface area contributed by atoms with Crippen LogP contribution in [-0.2, 0) is 4.74 Å². The van der Waals surface area contributed by atoms with Crippen LogP contribution in [0.3, 0.4) is 0 Å². The molecule has 0 spiro atoms. The van der Waals surface area contributed by atoms with Crippen molar-refractivity contribution >= 4 is 17.5 Å². The highest BCUT2D eigenvalue weighted by atomic mass is 16.5. The van der Waals surface area contributed by atoms with E-state index < -0.39 is 0 Å². The van der Waals surface area contributed by atoms with Crippen molar-refractivity contribution in [1.82, 2.24) is 0 Å². The molecule has 0 aliphatic heterocycles. The molecule has 0 fully saturated rings. The SMILES string of the molecule is CC/C=C(/OC(N)=NC)c1ccc(N)cc1. The van der Waals surface area contributed by atoms with Gasteiger partial charge in [0.1, 0.15) is 5.76 Å². The Morgan fingerprint density at radius 2 is 2.00 bits per heavy atom. The number of hydrogen-bond donors (Lipinski definition) is 2. The molecule has 86 valence electrons. The topological polar surface area (TPSA) is 73.6 Å². The molecular formula is C12H17N3O. The van der Waals surface area contributed by atoms with Crippen molar-refractivity contribution in [3.05, 3.63) is 35.9 Å². The van der Waals surface area contributed by atoms with Crippen molar-refractivity contribution in [1.29, 1.82) is 0 Å². The average Bonchev–Trinajstić information content (AvgIpc) is 2.29. The van der Waals surface area contributed by atoms with Crippen LogP contribution in [-0.4, -0.2) is 13.1 Å². The van der Waals surface area contributed by atoms with Gasteiger partial charge >= 0.3 is 0 Å². The molecule has 16 heavy (non-hydrogen) atoms. The number of anilines is 1. The van der Waals surface area contributed by atoms with Gasteiger partial charge in [-0.15, -0.1) is 0 Å². The molecule has 4 heteroatoms. The number of ether oxygens (including phenoxy) is 1. The Balaban J connectivity index is 2.94. The summed E-state index contributed by atoms with van der Waals surface area (Å²) >= 11 is 0. The maximum atomic E-state index is 5.62. The second-order valence-corrected chi connectivity index (χ2v) is 3.26. The summed E-state index contributed by atoms with van der Waals surface area (Å²) in [6, 6.07) is 7.57. The normalized spacial score (nSPS) is 12.6. The predicted octanol–water partition coefficient (Wildman–Crippen LogP) is 1.98. The van der Waals surface area contributed by atoms with Crippen LogP contribution in [0.2, 0.25) is 0 Å². The Morgan fingerprint density at radius 1 is 1.38 bits per heavy atom. The fourth-order valence-corrected chi connectivity index (χ4v) is 1.21. The van der Waals surface area contributed by atoms with Gasteiger partial charge in [0.05, 0.1) is 0 Å². The summed E-state index contributed by atoms with van der Waals surface area (Å²) in [6.07, 6.45) is 2.81. The first-order valence-electron chi connectivity index (χ1n) is 5.13. The van der Waals surface area contributed by atoms with E-state index >= 15 is 0 Å². The highest BCUT2D eigenvalue weighted by molar-refractivity contribution is 5.79. The van der Waals surface area contributed by atoms with E-state index in [1.54, 1.807) is 7.05 Å². The standard InChI is InChI=1S/C12H17N3O/c1-3-4-11(16-12(14)15-2)9-5-7-10(13)8-6-9/h4-8H,3,13H2,1-2H3,(H2,14,15)/b11-4+. The van der Waals surface area contributed by atoms with Gasteiger partial charge in [-0.25, -0.2) is 4.99 Å². The average molecular weight is 219 g/mol. The third-order valence-corrected chi connectivity index (χ3v) is 2.02. The van der Waals surface area contributed by atoms with Crippen LogP contribution >= 0.6 is 0 Å². The highest BCUT2D eigenvalue weighted by Gasteiger charge is 2.04. The van der Waals surface area contributed by atoms with Gasteiger partial charge in [0.15, 0.2) is 0 Å². The van der Waals surface area contributed by atoms with Gasteiger partial charge in [-0.2, -0.15) is 0 Å². The number of benzene rings is 1. The van der Waals surface area contributed by atoms with E-state index in [-0.39, 0.29) is 6.02 Å². The lowest BCUT2D eigenvalue weighted by molar-refractivity contribution is 0.496. The van der Waals surface area contributed by atoms with E-state index in [0.717, 1.165) is 17.7 Å². The summed E-state index contributed by atoms with van der Waals surface area (Å²) in [4.78, 5) is 3.76. The molecule has 1 aromatic rings. The predicted molar refractivity (Wildman–Crippen MR) is 67.8 cm³/mol. The number of aliphatic imine (C=N–C) groups is 1. The first-order valence-corrected chi connectivity index (χ1v) is 5.13. The molecule has 4 N–H and O–H groups in total. The largest absolute Gasteiger partial charge is 0.426 e. The number of hydrogen-bond acceptors (Lipinski definition) is 3.